The minimum atomic E-state index is -3.82. The molecule has 2 heterocycles. The lowest BCUT2D eigenvalue weighted by atomic mass is 10.0. The Bertz CT molecular complexity index is 2540. The number of fused-ring (bicyclic) bond motifs is 1. The number of nitrogens with two attached hydrogens (primary N) is 1. The quantitative estimate of drug-likeness (QED) is 0.0442. The van der Waals surface area contributed by atoms with Crippen molar-refractivity contribution in [2.45, 2.75) is 179 Å². The maximum absolute atomic E-state index is 13.8. The van der Waals surface area contributed by atoms with Crippen LogP contribution in [0.1, 0.15) is 170 Å². The lowest BCUT2D eigenvalue weighted by molar-refractivity contribution is -0.142. The molecule has 83 heavy (non-hydrogen) atoms. The van der Waals surface area contributed by atoms with Gasteiger partial charge in [0.15, 0.2) is 5.69 Å². The maximum Gasteiger partial charge on any atom is 0.326 e. The molecule has 2 aromatic rings. The molecule has 1 aromatic heterocycles. The van der Waals surface area contributed by atoms with Gasteiger partial charge >= 0.3 is 11.9 Å². The number of carbonyl (C=O) groups is 9. The third-order valence-electron chi connectivity index (χ3n) is 14.5. The van der Waals surface area contributed by atoms with Gasteiger partial charge in [-0.3, -0.25) is 43.0 Å². The molecule has 9 N–H and O–H groups in total. The van der Waals surface area contributed by atoms with Crippen molar-refractivity contribution in [1.82, 2.24) is 40.7 Å². The van der Waals surface area contributed by atoms with Gasteiger partial charge < -0.3 is 61.1 Å². The van der Waals surface area contributed by atoms with E-state index in [0.717, 1.165) is 51.4 Å². The normalized spacial score (nSPS) is 16.3. The number of nitrogens with zero attached hydrogens (tertiary/aromatic N) is 3. The van der Waals surface area contributed by atoms with Crippen molar-refractivity contribution in [1.29, 1.82) is 0 Å². The number of unbranched alkanes of at least 4 members (excludes halogenated alkanes) is 13. The Morgan fingerprint density at radius 2 is 1.20 bits per heavy atom. The molecule has 1 saturated heterocycles. The number of benzene rings is 1. The van der Waals surface area contributed by atoms with Crippen molar-refractivity contribution < 1.29 is 80.7 Å². The van der Waals surface area contributed by atoms with Gasteiger partial charge in [0.05, 0.1) is 50.4 Å². The zero-order chi connectivity index (χ0) is 60.6. The maximum atomic E-state index is 13.8. The topological polar surface area (TPSA) is 372 Å². The van der Waals surface area contributed by atoms with Crippen LogP contribution in [0.2, 0.25) is 0 Å². The summed E-state index contributed by atoms with van der Waals surface area (Å²) in [4.78, 5) is 112. The molecule has 0 unspecified atom stereocenters. The highest BCUT2D eigenvalue weighted by atomic mass is 32.2. The van der Waals surface area contributed by atoms with Gasteiger partial charge in [-0.2, -0.15) is 5.10 Å². The first-order chi connectivity index (χ1) is 39.8. The lowest BCUT2D eigenvalue weighted by Gasteiger charge is -2.28. The van der Waals surface area contributed by atoms with Crippen molar-refractivity contribution in [2.75, 3.05) is 72.5 Å². The Morgan fingerprint density at radius 3 is 1.75 bits per heavy atom. The fourth-order valence-corrected chi connectivity index (χ4v) is 11.1. The van der Waals surface area contributed by atoms with Crippen LogP contribution in [-0.4, -0.2) is 182 Å². The second-order valence-electron chi connectivity index (χ2n) is 21.3. The Hall–Kier alpha value is -6.29. The molecule has 1 saturated carbocycles. The summed E-state index contributed by atoms with van der Waals surface area (Å²) in [6.45, 7) is 4.64. The summed E-state index contributed by atoms with van der Waals surface area (Å²) in [5.74, 6) is -5.47. The van der Waals surface area contributed by atoms with Gasteiger partial charge in [-0.05, 0) is 76.5 Å². The van der Waals surface area contributed by atoms with Gasteiger partial charge in [0.1, 0.15) is 25.8 Å². The SMILES string of the molecule is C[C@@H]1C[C@H](CNC(=O)COCCOCCNC(=O)COCCOCCNC(=O)CC[C@H](NC(=O)CCCCCCCCCCCCCCCCC(=O)O)C(=O)O)[C@@H](C)N1C(=O)Cn1nc(C(N)=O)c2ccc(C(=O)NS(=O)(=O)C3CC3)cc21. The van der Waals surface area contributed by atoms with E-state index >= 15 is 0 Å². The lowest BCUT2D eigenvalue weighted by Crippen LogP contribution is -2.43. The predicted molar refractivity (Wildman–Crippen MR) is 304 cm³/mol. The van der Waals surface area contributed by atoms with E-state index in [4.69, 9.17) is 29.8 Å². The van der Waals surface area contributed by atoms with Crippen molar-refractivity contribution in [3.05, 3.63) is 29.5 Å². The van der Waals surface area contributed by atoms with Crippen LogP contribution >= 0.6 is 0 Å². The minimum Gasteiger partial charge on any atom is -0.481 e. The number of carboxylic acids is 2. The molecule has 7 amide bonds. The number of carbonyl (C=O) groups excluding carboxylic acids is 7. The third kappa shape index (κ3) is 26.9. The number of rotatable bonds is 46. The smallest absolute Gasteiger partial charge is 0.326 e. The number of aliphatic carboxylic acids is 2. The molecule has 0 radical (unpaired) electrons. The van der Waals surface area contributed by atoms with Gasteiger partial charge in [0, 0.05) is 61.9 Å². The van der Waals surface area contributed by atoms with Crippen LogP contribution in [0.25, 0.3) is 10.9 Å². The molecule has 1 aliphatic carbocycles. The number of primary amides is 1. The first-order valence-corrected chi connectivity index (χ1v) is 30.8. The predicted octanol–water partition coefficient (Wildman–Crippen LogP) is 3.07. The average molecular weight is 1190 g/mol. The third-order valence-corrected chi connectivity index (χ3v) is 16.3. The zero-order valence-corrected chi connectivity index (χ0v) is 49.1. The molecular weight excluding hydrogens is 1100 g/mol. The molecule has 1 aromatic carbocycles. The highest BCUT2D eigenvalue weighted by Gasteiger charge is 2.40. The number of aromatic nitrogens is 2. The fraction of sp³-hybridized carbons (Fsp3) is 0.714. The van der Waals surface area contributed by atoms with E-state index in [9.17, 15) is 56.7 Å². The van der Waals surface area contributed by atoms with Crippen molar-refractivity contribution in [2.24, 2.45) is 11.7 Å². The van der Waals surface area contributed by atoms with Crippen molar-refractivity contribution in [3.63, 3.8) is 0 Å². The number of amides is 7. The number of sulfonamides is 1. The van der Waals surface area contributed by atoms with Gasteiger partial charge in [-0.15, -0.1) is 0 Å². The van der Waals surface area contributed by atoms with E-state index in [-0.39, 0.29) is 169 Å². The largest absolute Gasteiger partial charge is 0.481 e. The van der Waals surface area contributed by atoms with Crippen molar-refractivity contribution >= 4 is 74.2 Å². The summed E-state index contributed by atoms with van der Waals surface area (Å²) in [5, 5.41) is 32.9. The van der Waals surface area contributed by atoms with Crippen LogP contribution in [0, 0.1) is 5.92 Å². The molecule has 27 heteroatoms. The molecule has 1 aliphatic heterocycles. The molecule has 2 aliphatic rings. The molecule has 4 rings (SSSR count). The summed E-state index contributed by atoms with van der Waals surface area (Å²) in [5.41, 5.74) is 5.72. The van der Waals surface area contributed by atoms with Gasteiger partial charge in [0.25, 0.3) is 11.8 Å². The molecule has 466 valence electrons. The first-order valence-electron chi connectivity index (χ1n) is 29.3. The van der Waals surface area contributed by atoms with Gasteiger partial charge in [0.2, 0.25) is 39.6 Å². The molecular formula is C56H89N9O17S. The van der Waals surface area contributed by atoms with E-state index in [0.29, 0.717) is 31.1 Å². The number of nitrogens with one attached hydrogen (secondary N) is 5. The van der Waals surface area contributed by atoms with Crippen LogP contribution in [0.3, 0.4) is 0 Å². The summed E-state index contributed by atoms with van der Waals surface area (Å²) < 4.78 is 49.8. The standard InChI is InChI=1S/C56H89N9O17S/c1-39-33-42(40(2)65(39)51(70)36-64-46-34-41(19-22-44(46)53(62-64)54(57)73)55(74)63-83(77,78)43-20-21-43)35-60-50(69)38-82-32-30-80-28-26-59-49(68)37-81-31-29-79-27-25-58-47(66)24-23-45(56(75)76)61-48(67)17-15-13-11-9-7-5-3-4-6-8-10-12-14-16-18-52(71)72/h19,22,34,39-40,42-43,45H,3-18,20-21,23-33,35-38H2,1-2H3,(H2,57,73)(H,58,66)(H,59,68)(H,60,69)(H,61,67)(H,63,74)(H,71,72)(H,75,76)/t39-,40-,42-,45+/m1/s1. The second kappa shape index (κ2) is 37.8. The highest BCUT2D eigenvalue weighted by Crippen LogP contribution is 2.31. The zero-order valence-electron chi connectivity index (χ0n) is 48.3. The fourth-order valence-electron chi connectivity index (χ4n) is 9.79. The van der Waals surface area contributed by atoms with E-state index < -0.39 is 45.1 Å². The Labute approximate surface area is 486 Å². The summed E-state index contributed by atoms with van der Waals surface area (Å²) in [6.07, 6.45) is 16.7. The number of hydrogen-bond acceptors (Lipinski definition) is 16. The highest BCUT2D eigenvalue weighted by molar-refractivity contribution is 7.91. The number of likely N-dealkylation sites (tertiary alicyclic amines) is 1. The number of ether oxygens (including phenoxy) is 4. The van der Waals surface area contributed by atoms with Crippen LogP contribution in [-0.2, 0) is 69.1 Å². The van der Waals surface area contributed by atoms with Crippen LogP contribution < -0.4 is 31.7 Å². The number of hydrogen-bond donors (Lipinski definition) is 8. The minimum absolute atomic E-state index is 0.00166. The first kappa shape index (κ1) is 69.2. The molecule has 4 atom stereocenters. The van der Waals surface area contributed by atoms with Gasteiger partial charge in [-0.25, -0.2) is 17.9 Å². The van der Waals surface area contributed by atoms with Crippen LogP contribution in [0.5, 0.6) is 0 Å². The van der Waals surface area contributed by atoms with E-state index in [1.807, 2.05) is 13.8 Å². The molecule has 0 bridgehead atoms. The molecule has 0 spiro atoms. The summed E-state index contributed by atoms with van der Waals surface area (Å²) >= 11 is 0. The van der Waals surface area contributed by atoms with E-state index in [1.165, 1.54) is 55.0 Å². The Morgan fingerprint density at radius 1 is 0.675 bits per heavy atom. The Balaban J connectivity index is 0.939. The van der Waals surface area contributed by atoms with Gasteiger partial charge in [-0.1, -0.05) is 77.0 Å². The monoisotopic (exact) mass is 1190 g/mol. The van der Waals surface area contributed by atoms with Crippen LogP contribution in [0.4, 0.5) is 0 Å². The average Bonchev–Trinajstić information content (AvgIpc) is 4.38. The van der Waals surface area contributed by atoms with Crippen LogP contribution in [0.15, 0.2) is 18.2 Å². The number of carboxylic acid groups (broad SMARTS) is 2. The Kier molecular flexibility index (Phi) is 31.5. The summed E-state index contributed by atoms with van der Waals surface area (Å²) in [7, 11) is -3.82. The molecule has 2 fully saturated rings. The van der Waals surface area contributed by atoms with Crippen molar-refractivity contribution in [3.8, 4) is 0 Å². The molecule has 26 nitrogen and oxygen atoms in total. The summed E-state index contributed by atoms with van der Waals surface area (Å²) in [6, 6.07) is 2.51. The second-order valence-corrected chi connectivity index (χ2v) is 23.3. The van der Waals surface area contributed by atoms with E-state index in [1.54, 1.807) is 4.90 Å². The van der Waals surface area contributed by atoms with E-state index in [2.05, 4.69) is 31.1 Å².